The second-order valence-corrected chi connectivity index (χ2v) is 5.12. The number of para-hydroxylation sites is 2. The van der Waals surface area contributed by atoms with E-state index in [0.29, 0.717) is 10.1 Å². The van der Waals surface area contributed by atoms with Crippen molar-refractivity contribution in [3.05, 3.63) is 71.1 Å². The van der Waals surface area contributed by atoms with E-state index in [1.165, 1.54) is 0 Å². The van der Waals surface area contributed by atoms with Crippen molar-refractivity contribution in [3.63, 3.8) is 0 Å². The van der Waals surface area contributed by atoms with Crippen LogP contribution >= 0.6 is 25.3 Å². The third kappa shape index (κ3) is 2.09. The lowest BCUT2D eigenvalue weighted by Crippen LogP contribution is -2.22. The van der Waals surface area contributed by atoms with E-state index >= 15 is 0 Å². The molecule has 0 saturated heterocycles. The molecule has 3 rings (SSSR count). The average molecular weight is 300 g/mol. The number of rotatable bonds is 2. The zero-order valence-electron chi connectivity index (χ0n) is 10.5. The molecule has 0 aliphatic rings. The van der Waals surface area contributed by atoms with Crippen LogP contribution in [-0.4, -0.2) is 9.13 Å². The van der Waals surface area contributed by atoms with Crippen molar-refractivity contribution >= 4 is 25.3 Å². The normalized spacial score (nSPS) is 10.7. The fourth-order valence-corrected chi connectivity index (χ4v) is 2.70. The van der Waals surface area contributed by atoms with Crippen LogP contribution < -0.4 is 5.69 Å². The number of aromatic nitrogens is 2. The van der Waals surface area contributed by atoms with Crippen LogP contribution in [0.1, 0.15) is 0 Å². The van der Waals surface area contributed by atoms with Crippen molar-refractivity contribution < 1.29 is 0 Å². The molecule has 100 valence electrons. The van der Waals surface area contributed by atoms with Crippen LogP contribution in [0.3, 0.4) is 0 Å². The topological polar surface area (TPSA) is 26.9 Å². The van der Waals surface area contributed by atoms with Crippen molar-refractivity contribution in [1.29, 1.82) is 0 Å². The molecule has 20 heavy (non-hydrogen) atoms. The molecular formula is C15H12N2OS2. The van der Waals surface area contributed by atoms with Crippen molar-refractivity contribution in [1.82, 2.24) is 9.13 Å². The average Bonchev–Trinajstić information content (AvgIpc) is 2.71. The van der Waals surface area contributed by atoms with Gasteiger partial charge >= 0.3 is 5.69 Å². The van der Waals surface area contributed by atoms with Crippen LogP contribution in [0.4, 0.5) is 0 Å². The number of hydrogen-bond donors (Lipinski definition) is 2. The Morgan fingerprint density at radius 2 is 1.00 bits per heavy atom. The maximum absolute atomic E-state index is 12.6. The zero-order valence-corrected chi connectivity index (χ0v) is 12.3. The van der Waals surface area contributed by atoms with Gasteiger partial charge in [-0.2, -0.15) is 0 Å². The molecule has 0 radical (unpaired) electrons. The first-order chi connectivity index (χ1) is 9.70. The molecule has 0 saturated carbocycles. The van der Waals surface area contributed by atoms with Gasteiger partial charge in [-0.1, -0.05) is 36.4 Å². The Hall–Kier alpha value is -1.85. The molecule has 3 nitrogen and oxygen atoms in total. The van der Waals surface area contributed by atoms with Crippen molar-refractivity contribution in [2.45, 2.75) is 10.1 Å². The second-order valence-electron chi connectivity index (χ2n) is 4.27. The number of benzene rings is 2. The molecule has 0 aliphatic carbocycles. The summed E-state index contributed by atoms with van der Waals surface area (Å²) in [6.07, 6.45) is 0. The third-order valence-corrected chi connectivity index (χ3v) is 4.03. The lowest BCUT2D eigenvalue weighted by molar-refractivity contribution is 0.868. The van der Waals surface area contributed by atoms with Gasteiger partial charge in [-0.25, -0.2) is 4.79 Å². The van der Waals surface area contributed by atoms with E-state index in [2.05, 4.69) is 25.3 Å². The van der Waals surface area contributed by atoms with Gasteiger partial charge < -0.3 is 0 Å². The van der Waals surface area contributed by atoms with Gasteiger partial charge in [0, 0.05) is 0 Å². The first-order valence-corrected chi connectivity index (χ1v) is 6.96. The summed E-state index contributed by atoms with van der Waals surface area (Å²) >= 11 is 8.86. The van der Waals surface area contributed by atoms with E-state index < -0.39 is 0 Å². The highest BCUT2D eigenvalue weighted by molar-refractivity contribution is 7.83. The Morgan fingerprint density at radius 3 is 1.35 bits per heavy atom. The molecule has 0 atom stereocenters. The highest BCUT2D eigenvalue weighted by Crippen LogP contribution is 2.23. The van der Waals surface area contributed by atoms with Gasteiger partial charge in [-0.15, -0.1) is 25.3 Å². The number of thiol groups is 2. The molecule has 0 amide bonds. The van der Waals surface area contributed by atoms with Crippen LogP contribution in [0.2, 0.25) is 0 Å². The Kier molecular flexibility index (Phi) is 3.46. The molecule has 1 heterocycles. The summed E-state index contributed by atoms with van der Waals surface area (Å²) in [5.41, 5.74) is 1.36. The summed E-state index contributed by atoms with van der Waals surface area (Å²) in [6.45, 7) is 0. The van der Waals surface area contributed by atoms with E-state index in [1.807, 2.05) is 60.7 Å². The summed E-state index contributed by atoms with van der Waals surface area (Å²) in [5, 5.41) is 1.04. The molecule has 5 heteroatoms. The minimum absolute atomic E-state index is 0.183. The SMILES string of the molecule is O=c1n(-c2ccccc2)c(S)c(S)n1-c1ccccc1. The van der Waals surface area contributed by atoms with Crippen molar-refractivity contribution in [2.24, 2.45) is 0 Å². The Labute approximate surface area is 127 Å². The Bertz CT molecular complexity index is 726. The fourth-order valence-electron chi connectivity index (χ4n) is 2.10. The molecule has 0 fully saturated rings. The zero-order chi connectivity index (χ0) is 14.1. The minimum atomic E-state index is -0.183. The third-order valence-electron chi connectivity index (χ3n) is 3.03. The van der Waals surface area contributed by atoms with Gasteiger partial charge in [0.1, 0.15) is 10.1 Å². The summed E-state index contributed by atoms with van der Waals surface area (Å²) in [4.78, 5) is 12.6. The van der Waals surface area contributed by atoms with E-state index in [4.69, 9.17) is 0 Å². The van der Waals surface area contributed by atoms with E-state index in [1.54, 1.807) is 9.13 Å². The van der Waals surface area contributed by atoms with Crippen molar-refractivity contribution in [2.75, 3.05) is 0 Å². The van der Waals surface area contributed by atoms with E-state index in [9.17, 15) is 4.79 Å². The molecule has 3 aromatic rings. The van der Waals surface area contributed by atoms with Gasteiger partial charge in [-0.3, -0.25) is 9.13 Å². The molecule has 0 bridgehead atoms. The van der Waals surface area contributed by atoms with Gasteiger partial charge in [0.15, 0.2) is 0 Å². The maximum atomic E-state index is 12.6. The van der Waals surface area contributed by atoms with E-state index in [-0.39, 0.29) is 5.69 Å². The predicted octanol–water partition coefficient (Wildman–Crippen LogP) is 3.21. The number of hydrogen-bond acceptors (Lipinski definition) is 3. The molecular weight excluding hydrogens is 288 g/mol. The van der Waals surface area contributed by atoms with Gasteiger partial charge in [0.2, 0.25) is 0 Å². The molecule has 1 aromatic heterocycles. The first kappa shape index (κ1) is 13.1. The predicted molar refractivity (Wildman–Crippen MR) is 85.9 cm³/mol. The van der Waals surface area contributed by atoms with Crippen LogP contribution in [-0.2, 0) is 0 Å². The highest BCUT2D eigenvalue weighted by atomic mass is 32.1. The molecule has 2 aromatic carbocycles. The van der Waals surface area contributed by atoms with Crippen LogP contribution in [0.5, 0.6) is 0 Å². The fraction of sp³-hybridized carbons (Fsp3) is 0. The summed E-state index contributed by atoms with van der Waals surface area (Å²) in [5.74, 6) is 0. The van der Waals surface area contributed by atoms with Gasteiger partial charge in [-0.05, 0) is 24.3 Å². The lowest BCUT2D eigenvalue weighted by atomic mass is 10.3. The Morgan fingerprint density at radius 1 is 0.650 bits per heavy atom. The summed E-state index contributed by atoms with van der Waals surface area (Å²) in [7, 11) is 0. The molecule has 0 spiro atoms. The lowest BCUT2D eigenvalue weighted by Gasteiger charge is -2.02. The van der Waals surface area contributed by atoms with E-state index in [0.717, 1.165) is 11.4 Å². The monoisotopic (exact) mass is 300 g/mol. The summed E-state index contributed by atoms with van der Waals surface area (Å²) in [6, 6.07) is 18.8. The highest BCUT2D eigenvalue weighted by Gasteiger charge is 2.17. The first-order valence-electron chi connectivity index (χ1n) is 6.06. The van der Waals surface area contributed by atoms with Crippen LogP contribution in [0.25, 0.3) is 11.4 Å². The summed E-state index contributed by atoms with van der Waals surface area (Å²) < 4.78 is 3.08. The smallest absolute Gasteiger partial charge is 0.254 e. The molecule has 0 aliphatic heterocycles. The van der Waals surface area contributed by atoms with Crippen LogP contribution in [0.15, 0.2) is 75.5 Å². The number of imidazole rings is 1. The quantitative estimate of drug-likeness (QED) is 0.699. The van der Waals surface area contributed by atoms with Crippen LogP contribution in [0, 0.1) is 0 Å². The molecule has 0 unspecified atom stereocenters. The van der Waals surface area contributed by atoms with Gasteiger partial charge in [0.05, 0.1) is 11.4 Å². The Balaban J connectivity index is 2.29. The van der Waals surface area contributed by atoms with Crippen molar-refractivity contribution in [3.8, 4) is 11.4 Å². The second kappa shape index (κ2) is 5.26. The number of nitrogens with zero attached hydrogens (tertiary/aromatic N) is 2. The minimum Gasteiger partial charge on any atom is -0.254 e. The maximum Gasteiger partial charge on any atom is 0.339 e. The van der Waals surface area contributed by atoms with Gasteiger partial charge in [0.25, 0.3) is 0 Å². The molecule has 0 N–H and O–H groups in total. The standard InChI is InChI=1S/C15H12N2OS2/c18-15-16(11-7-3-1-4-8-11)13(19)14(20)17(15)12-9-5-2-6-10-12/h1-10,19-20H. The largest absolute Gasteiger partial charge is 0.339 e.